The number of benzene rings is 3. The van der Waals surface area contributed by atoms with Crippen LogP contribution in [0.4, 0.5) is 19.7 Å². The Labute approximate surface area is 372 Å². The third-order valence-electron chi connectivity index (χ3n) is 12.1. The molecule has 64 heavy (non-hydrogen) atoms. The van der Waals surface area contributed by atoms with Gasteiger partial charge in [0.2, 0.25) is 23.6 Å². The molecule has 2 aliphatic heterocycles. The normalized spacial score (nSPS) is 19.6. The molecule has 2 fully saturated rings. The molecule has 8 N–H and O–H groups in total. The Bertz CT molecular complexity index is 2020. The van der Waals surface area contributed by atoms with Crippen LogP contribution in [0.2, 0.25) is 0 Å². The maximum absolute atomic E-state index is 14.1. The molecule has 0 bridgehead atoms. The predicted octanol–water partition coefficient (Wildman–Crippen LogP) is 3.55. The first kappa shape index (κ1) is 48.8. The lowest BCUT2D eigenvalue weighted by Gasteiger charge is -2.37. The van der Waals surface area contributed by atoms with E-state index in [1.807, 2.05) is 53.4 Å². The van der Waals surface area contributed by atoms with Crippen LogP contribution in [0.3, 0.4) is 0 Å². The Hall–Kier alpha value is -6.27. The van der Waals surface area contributed by atoms with E-state index >= 15 is 0 Å². The number of halogens is 1. The fourth-order valence-electron chi connectivity index (χ4n) is 8.79. The molecule has 0 aromatic heterocycles. The van der Waals surface area contributed by atoms with E-state index < -0.39 is 88.8 Å². The minimum atomic E-state index is -1.18. The summed E-state index contributed by atoms with van der Waals surface area (Å²) in [6.45, 7) is 7.72. The van der Waals surface area contributed by atoms with Crippen LogP contribution in [0.1, 0.15) is 87.7 Å². The van der Waals surface area contributed by atoms with Crippen molar-refractivity contribution in [1.29, 1.82) is 0 Å². The van der Waals surface area contributed by atoms with Gasteiger partial charge in [0.05, 0.1) is 38.5 Å². The number of hydrogen-bond donors (Lipinski definition) is 6. The van der Waals surface area contributed by atoms with E-state index in [1.54, 1.807) is 39.8 Å². The lowest BCUT2D eigenvalue weighted by molar-refractivity contribution is -0.140. The molecule has 0 radical (unpaired) electrons. The minimum Gasteiger partial charge on any atom is -0.453 e. The van der Waals surface area contributed by atoms with E-state index in [1.165, 1.54) is 36.2 Å². The average molecular weight is 890 g/mol. The van der Waals surface area contributed by atoms with Crippen molar-refractivity contribution in [2.45, 2.75) is 103 Å². The molecule has 0 saturated carbocycles. The number of ether oxygens (including phenoxy) is 2. The molecule has 18 heteroatoms. The van der Waals surface area contributed by atoms with E-state index in [0.717, 1.165) is 16.8 Å². The molecule has 3 aromatic rings. The number of nitrogens with zero attached hydrogens (tertiary/aromatic N) is 3. The fraction of sp³-hybridized carbons (Fsp3) is 0.478. The van der Waals surface area contributed by atoms with Gasteiger partial charge < -0.3 is 56.5 Å². The molecule has 2 heterocycles. The van der Waals surface area contributed by atoms with Crippen LogP contribution >= 0.6 is 0 Å². The van der Waals surface area contributed by atoms with Gasteiger partial charge in [-0.2, -0.15) is 0 Å². The third-order valence-corrected chi connectivity index (χ3v) is 12.1. The number of likely N-dealkylation sites (tertiary alicyclic amines) is 2. The molecule has 5 rings (SSSR count). The van der Waals surface area contributed by atoms with E-state index in [9.17, 15) is 43.4 Å². The second-order valence-electron chi connectivity index (χ2n) is 17.9. The number of rotatable bonds is 17. The molecule has 2 aliphatic rings. The van der Waals surface area contributed by atoms with Crippen LogP contribution in [-0.2, 0) is 41.7 Å². The number of carbonyl (C=O) groups excluding carboxylic acids is 6. The van der Waals surface area contributed by atoms with Crippen molar-refractivity contribution in [3.8, 4) is 0 Å². The zero-order valence-electron chi connectivity index (χ0n) is 37.1. The number of anilines is 1. The number of primary amides is 2. The van der Waals surface area contributed by atoms with E-state index in [2.05, 4.69) is 10.6 Å². The van der Waals surface area contributed by atoms with Crippen LogP contribution in [0, 0.1) is 16.6 Å². The van der Waals surface area contributed by atoms with Gasteiger partial charge >= 0.3 is 12.2 Å². The van der Waals surface area contributed by atoms with Gasteiger partial charge in [-0.3, -0.25) is 19.2 Å². The quantitative estimate of drug-likeness (QED) is 0.114. The number of aliphatic hydroxyl groups excluding tert-OH is 2. The Morgan fingerprint density at radius 2 is 1.03 bits per heavy atom. The lowest BCUT2D eigenvalue weighted by atomic mass is 9.80. The van der Waals surface area contributed by atoms with Gasteiger partial charge in [0.1, 0.15) is 17.9 Å². The molecule has 6 atom stereocenters. The van der Waals surface area contributed by atoms with Crippen LogP contribution in [-0.4, -0.2) is 107 Å². The van der Waals surface area contributed by atoms with Crippen molar-refractivity contribution >= 4 is 41.5 Å². The van der Waals surface area contributed by atoms with Crippen molar-refractivity contribution in [2.75, 3.05) is 32.2 Å². The Balaban J connectivity index is 1.37. The van der Waals surface area contributed by atoms with Crippen LogP contribution in [0.25, 0.3) is 0 Å². The molecule has 6 amide bonds. The summed E-state index contributed by atoms with van der Waals surface area (Å²) < 4.78 is 23.7. The molecule has 0 unspecified atom stereocenters. The monoisotopic (exact) mass is 889 g/mol. The van der Waals surface area contributed by atoms with Gasteiger partial charge in [-0.15, -0.1) is 0 Å². The van der Waals surface area contributed by atoms with Crippen molar-refractivity contribution in [3.05, 3.63) is 101 Å². The second kappa shape index (κ2) is 20.5. The number of amides is 6. The number of aliphatic hydroxyl groups is 2. The highest BCUT2D eigenvalue weighted by Crippen LogP contribution is 2.38. The van der Waals surface area contributed by atoms with Gasteiger partial charge in [-0.25, -0.2) is 14.0 Å². The third kappa shape index (κ3) is 11.6. The minimum absolute atomic E-state index is 0.196. The number of methoxy groups -OCH3 is 2. The largest absolute Gasteiger partial charge is 0.453 e. The highest BCUT2D eigenvalue weighted by atomic mass is 19.1. The standard InChI is InChI=1S/C46H60FN7O10/c1-45(2,23-35(48)57)39(50-43(61)63-5)41(59)53-21-19-33(55)37(53)29-11-7-27(8-12-29)25-52(32-17-15-31(47)16-18-32)26-28-9-13-30(14-10-28)38-34(56)20-22-54(38)42(60)40(51-44(62)64-6)46(3,4)24-36(49)58/h7-18,33-34,37-40,55-56H,19-26H2,1-6H3,(H2,48,57)(H2,49,58)(H,50,61)(H,51,62)/t33-,34-,37-,38-,39+,40+/m0/s1. The molecular formula is C46H60FN7O10. The zero-order valence-corrected chi connectivity index (χ0v) is 37.1. The number of nitrogens with one attached hydrogen (secondary N) is 2. The van der Waals surface area contributed by atoms with Gasteiger partial charge in [-0.1, -0.05) is 76.2 Å². The van der Waals surface area contributed by atoms with Crippen molar-refractivity contribution in [3.63, 3.8) is 0 Å². The number of alkyl carbamates (subject to hydrolysis) is 2. The molecule has 0 spiro atoms. The van der Waals surface area contributed by atoms with Gasteiger partial charge in [0, 0.05) is 55.5 Å². The smallest absolute Gasteiger partial charge is 0.407 e. The first-order valence-electron chi connectivity index (χ1n) is 21.1. The van der Waals surface area contributed by atoms with Crippen molar-refractivity contribution in [2.24, 2.45) is 22.3 Å². The summed E-state index contributed by atoms with van der Waals surface area (Å²) in [5.74, 6) is -2.69. The van der Waals surface area contributed by atoms with E-state index in [-0.39, 0.29) is 38.8 Å². The summed E-state index contributed by atoms with van der Waals surface area (Å²) in [5.41, 5.74) is 12.6. The number of hydrogen-bond acceptors (Lipinski definition) is 11. The van der Waals surface area contributed by atoms with Crippen molar-refractivity contribution in [1.82, 2.24) is 20.4 Å². The maximum atomic E-state index is 14.1. The Morgan fingerprint density at radius 1 is 0.672 bits per heavy atom. The first-order chi connectivity index (χ1) is 30.1. The molecule has 0 aliphatic carbocycles. The Kier molecular flexibility index (Phi) is 15.6. The molecular weight excluding hydrogens is 830 g/mol. The molecule has 17 nitrogen and oxygen atoms in total. The van der Waals surface area contributed by atoms with Crippen molar-refractivity contribution < 1.29 is 52.8 Å². The Morgan fingerprint density at radius 3 is 1.36 bits per heavy atom. The van der Waals surface area contributed by atoms with E-state index in [0.29, 0.717) is 24.2 Å². The summed E-state index contributed by atoms with van der Waals surface area (Å²) in [6.07, 6.45) is -3.35. The number of carbonyl (C=O) groups is 6. The van der Waals surface area contributed by atoms with Crippen LogP contribution in [0.15, 0.2) is 72.8 Å². The maximum Gasteiger partial charge on any atom is 0.407 e. The zero-order chi connectivity index (χ0) is 47.1. The number of nitrogens with two attached hydrogens (primary N) is 2. The van der Waals surface area contributed by atoms with Gasteiger partial charge in [0.25, 0.3) is 0 Å². The van der Waals surface area contributed by atoms with E-state index in [4.69, 9.17) is 20.9 Å². The first-order valence-corrected chi connectivity index (χ1v) is 21.1. The predicted molar refractivity (Wildman–Crippen MR) is 233 cm³/mol. The van der Waals surface area contributed by atoms with Crippen LogP contribution in [0.5, 0.6) is 0 Å². The average Bonchev–Trinajstić information content (AvgIpc) is 3.82. The molecule has 3 aromatic carbocycles. The highest BCUT2D eigenvalue weighted by Gasteiger charge is 2.47. The summed E-state index contributed by atoms with van der Waals surface area (Å²) in [4.78, 5) is 81.8. The molecule has 2 saturated heterocycles. The SMILES string of the molecule is COC(=O)N[C@H](C(=O)N1CC[C@H](O)[C@@H]1c1ccc(CN(Cc2ccc([C@H]3[C@@H](O)CCN3C(=O)[C@@H](NC(=O)OC)C(C)(C)CC(N)=O)cc2)c2ccc(F)cc2)cc1)C(C)(C)CC(N)=O. The lowest BCUT2D eigenvalue weighted by Crippen LogP contribution is -2.56. The fourth-order valence-corrected chi connectivity index (χ4v) is 8.79. The van der Waals surface area contributed by atoms with Gasteiger partial charge in [-0.05, 0) is 59.4 Å². The van der Waals surface area contributed by atoms with Crippen LogP contribution < -0.4 is 27.0 Å². The summed E-state index contributed by atoms with van der Waals surface area (Å²) >= 11 is 0. The van der Waals surface area contributed by atoms with Gasteiger partial charge in [0.15, 0.2) is 0 Å². The molecule has 346 valence electrons. The topological polar surface area (TPSA) is 247 Å². The summed E-state index contributed by atoms with van der Waals surface area (Å²) in [7, 11) is 2.33. The highest BCUT2D eigenvalue weighted by molar-refractivity contribution is 5.89. The summed E-state index contributed by atoms with van der Waals surface area (Å²) in [6, 6.07) is 17.0. The summed E-state index contributed by atoms with van der Waals surface area (Å²) in [5, 5.41) is 27.4. The second-order valence-corrected chi connectivity index (χ2v) is 17.9.